The van der Waals surface area contributed by atoms with Crippen LogP contribution >= 0.6 is 0 Å². The minimum absolute atomic E-state index is 0.0887. The quantitative estimate of drug-likeness (QED) is 0.810. The van der Waals surface area contributed by atoms with Crippen molar-refractivity contribution in [1.82, 2.24) is 0 Å². The summed E-state index contributed by atoms with van der Waals surface area (Å²) < 4.78 is 25.5. The van der Waals surface area contributed by atoms with E-state index in [0.29, 0.717) is 11.7 Å². The van der Waals surface area contributed by atoms with Gasteiger partial charge >= 0.3 is 0 Å². The lowest BCUT2D eigenvalue weighted by Crippen LogP contribution is -2.23. The van der Waals surface area contributed by atoms with Crippen LogP contribution in [0.15, 0.2) is 24.3 Å². The Balaban J connectivity index is 1.87. The standard InChI is InChI=1S/C15H24N2O2S/c1-3-20(18,19)17-15-9-7-14(8-10-15)16-12(2)11-13-5-4-6-13/h7-10,12-13,16-17H,3-6,11H2,1-2H3. The molecule has 1 aromatic carbocycles. The van der Waals surface area contributed by atoms with Gasteiger partial charge in [-0.15, -0.1) is 0 Å². The summed E-state index contributed by atoms with van der Waals surface area (Å²) in [5, 5.41) is 3.47. The van der Waals surface area contributed by atoms with Crippen LogP contribution in [0.2, 0.25) is 0 Å². The Labute approximate surface area is 122 Å². The Hall–Kier alpha value is -1.23. The topological polar surface area (TPSA) is 58.2 Å². The molecule has 20 heavy (non-hydrogen) atoms. The number of anilines is 2. The monoisotopic (exact) mass is 296 g/mol. The molecule has 0 saturated heterocycles. The zero-order chi connectivity index (χ0) is 14.6. The van der Waals surface area contributed by atoms with Crippen LogP contribution in [0.1, 0.15) is 39.5 Å². The van der Waals surface area contributed by atoms with Crippen molar-refractivity contribution in [3.63, 3.8) is 0 Å². The van der Waals surface area contributed by atoms with Crippen LogP contribution in [0.5, 0.6) is 0 Å². The van der Waals surface area contributed by atoms with E-state index in [-0.39, 0.29) is 5.75 Å². The summed E-state index contributed by atoms with van der Waals surface area (Å²) in [4.78, 5) is 0. The lowest BCUT2D eigenvalue weighted by Gasteiger charge is -2.28. The van der Waals surface area contributed by atoms with Gasteiger partial charge in [0.15, 0.2) is 0 Å². The highest BCUT2D eigenvalue weighted by Gasteiger charge is 2.19. The van der Waals surface area contributed by atoms with Crippen molar-refractivity contribution in [3.8, 4) is 0 Å². The van der Waals surface area contributed by atoms with E-state index in [4.69, 9.17) is 0 Å². The van der Waals surface area contributed by atoms with E-state index in [0.717, 1.165) is 11.6 Å². The Morgan fingerprint density at radius 2 is 1.80 bits per heavy atom. The van der Waals surface area contributed by atoms with Crippen molar-refractivity contribution in [2.45, 2.75) is 45.6 Å². The van der Waals surface area contributed by atoms with Gasteiger partial charge in [-0.1, -0.05) is 19.3 Å². The number of benzene rings is 1. The van der Waals surface area contributed by atoms with Crippen LogP contribution in [0.25, 0.3) is 0 Å². The van der Waals surface area contributed by atoms with Crippen LogP contribution in [-0.2, 0) is 10.0 Å². The van der Waals surface area contributed by atoms with Crippen molar-refractivity contribution < 1.29 is 8.42 Å². The molecule has 1 fully saturated rings. The molecule has 0 amide bonds. The Kier molecular flexibility index (Phi) is 4.91. The first-order valence-corrected chi connectivity index (χ1v) is 9.01. The Bertz CT molecular complexity index is 521. The molecule has 1 aromatic rings. The number of nitrogens with one attached hydrogen (secondary N) is 2. The summed E-state index contributed by atoms with van der Waals surface area (Å²) in [6.45, 7) is 3.83. The minimum atomic E-state index is -3.19. The summed E-state index contributed by atoms with van der Waals surface area (Å²) in [7, 11) is -3.19. The fourth-order valence-corrected chi connectivity index (χ4v) is 3.10. The molecule has 0 aliphatic heterocycles. The highest BCUT2D eigenvalue weighted by molar-refractivity contribution is 7.92. The normalized spacial score (nSPS) is 17.3. The first-order chi connectivity index (χ1) is 9.48. The van der Waals surface area contributed by atoms with E-state index in [9.17, 15) is 8.42 Å². The second kappa shape index (κ2) is 6.48. The van der Waals surface area contributed by atoms with Gasteiger partial charge in [0.1, 0.15) is 0 Å². The smallest absolute Gasteiger partial charge is 0.232 e. The fraction of sp³-hybridized carbons (Fsp3) is 0.600. The molecule has 1 aliphatic rings. The zero-order valence-corrected chi connectivity index (χ0v) is 13.0. The molecule has 1 unspecified atom stereocenters. The van der Waals surface area contributed by atoms with Gasteiger partial charge in [-0.2, -0.15) is 0 Å². The Morgan fingerprint density at radius 1 is 1.20 bits per heavy atom. The molecule has 2 rings (SSSR count). The molecule has 112 valence electrons. The van der Waals surface area contributed by atoms with Gasteiger partial charge in [-0.25, -0.2) is 8.42 Å². The van der Waals surface area contributed by atoms with Gasteiger partial charge in [0, 0.05) is 17.4 Å². The molecule has 1 saturated carbocycles. The van der Waals surface area contributed by atoms with Gasteiger partial charge in [0.25, 0.3) is 0 Å². The van der Waals surface area contributed by atoms with Crippen molar-refractivity contribution in [2.24, 2.45) is 5.92 Å². The van der Waals surface area contributed by atoms with E-state index in [1.165, 1.54) is 25.7 Å². The zero-order valence-electron chi connectivity index (χ0n) is 12.2. The summed E-state index contributed by atoms with van der Waals surface area (Å²) in [6.07, 6.45) is 5.32. The molecule has 4 nitrogen and oxygen atoms in total. The molecule has 1 aliphatic carbocycles. The van der Waals surface area contributed by atoms with Gasteiger partial charge in [0.2, 0.25) is 10.0 Å². The van der Waals surface area contributed by atoms with Crippen molar-refractivity contribution in [3.05, 3.63) is 24.3 Å². The highest BCUT2D eigenvalue weighted by atomic mass is 32.2. The fourth-order valence-electron chi connectivity index (χ4n) is 2.46. The second-order valence-electron chi connectivity index (χ2n) is 5.66. The maximum absolute atomic E-state index is 11.5. The molecule has 0 radical (unpaired) electrons. The lowest BCUT2D eigenvalue weighted by atomic mass is 9.81. The third kappa shape index (κ3) is 4.40. The largest absolute Gasteiger partial charge is 0.383 e. The molecule has 5 heteroatoms. The van der Waals surface area contributed by atoms with E-state index >= 15 is 0 Å². The Morgan fingerprint density at radius 3 is 2.30 bits per heavy atom. The molecule has 0 bridgehead atoms. The van der Waals surface area contributed by atoms with Crippen LogP contribution in [-0.4, -0.2) is 20.2 Å². The molecule has 0 heterocycles. The first kappa shape index (κ1) is 15.2. The van der Waals surface area contributed by atoms with Crippen LogP contribution in [0.4, 0.5) is 11.4 Å². The number of rotatable bonds is 7. The van der Waals surface area contributed by atoms with Crippen LogP contribution < -0.4 is 10.0 Å². The summed E-state index contributed by atoms with van der Waals surface area (Å²) in [6, 6.07) is 7.89. The lowest BCUT2D eigenvalue weighted by molar-refractivity contribution is 0.286. The maximum atomic E-state index is 11.5. The van der Waals surface area contributed by atoms with Crippen molar-refractivity contribution in [2.75, 3.05) is 15.8 Å². The number of hydrogen-bond acceptors (Lipinski definition) is 3. The third-order valence-corrected chi connectivity index (χ3v) is 5.17. The molecule has 2 N–H and O–H groups in total. The molecule has 0 aromatic heterocycles. The average molecular weight is 296 g/mol. The van der Waals surface area contributed by atoms with E-state index in [1.54, 1.807) is 19.1 Å². The van der Waals surface area contributed by atoms with Gasteiger partial charge in [-0.3, -0.25) is 4.72 Å². The predicted molar refractivity (Wildman–Crippen MR) is 84.6 cm³/mol. The molecule has 1 atom stereocenters. The van der Waals surface area contributed by atoms with Crippen molar-refractivity contribution >= 4 is 21.4 Å². The summed E-state index contributed by atoms with van der Waals surface area (Å²) in [5.74, 6) is 0.971. The second-order valence-corrected chi connectivity index (χ2v) is 7.67. The first-order valence-electron chi connectivity index (χ1n) is 7.35. The van der Waals surface area contributed by atoms with E-state index in [2.05, 4.69) is 17.0 Å². The average Bonchev–Trinajstić information content (AvgIpc) is 2.36. The van der Waals surface area contributed by atoms with Gasteiger partial charge < -0.3 is 5.32 Å². The van der Waals surface area contributed by atoms with Gasteiger partial charge in [-0.05, 0) is 50.5 Å². The van der Waals surface area contributed by atoms with Crippen molar-refractivity contribution in [1.29, 1.82) is 0 Å². The van der Waals surface area contributed by atoms with E-state index < -0.39 is 10.0 Å². The molecule has 0 spiro atoms. The third-order valence-electron chi connectivity index (χ3n) is 3.86. The highest BCUT2D eigenvalue weighted by Crippen LogP contribution is 2.31. The molecular formula is C15H24N2O2S. The SMILES string of the molecule is CCS(=O)(=O)Nc1ccc(NC(C)CC2CCC2)cc1. The minimum Gasteiger partial charge on any atom is -0.383 e. The molecular weight excluding hydrogens is 272 g/mol. The van der Waals surface area contributed by atoms with E-state index in [1.807, 2.05) is 12.1 Å². The van der Waals surface area contributed by atoms with Crippen LogP contribution in [0.3, 0.4) is 0 Å². The summed E-state index contributed by atoms with van der Waals surface area (Å²) >= 11 is 0. The maximum Gasteiger partial charge on any atom is 0.232 e. The van der Waals surface area contributed by atoms with Crippen LogP contribution in [0, 0.1) is 5.92 Å². The number of sulfonamides is 1. The number of hydrogen-bond donors (Lipinski definition) is 2. The summed E-state index contributed by atoms with van der Waals surface area (Å²) in [5.41, 5.74) is 1.65. The predicted octanol–water partition coefficient (Wildman–Crippen LogP) is 3.44. The van der Waals surface area contributed by atoms with Gasteiger partial charge in [0.05, 0.1) is 5.75 Å².